The normalized spacial score (nSPS) is 11.6. The fourth-order valence-electron chi connectivity index (χ4n) is 1.58. The number of esters is 1. The Kier molecular flexibility index (Phi) is 3.82. The largest absolute Gasteiger partial charge is 0.497 e. The summed E-state index contributed by atoms with van der Waals surface area (Å²) in [5.74, 6) is 0.221. The number of fused-ring (bicyclic) bond motifs is 1. The van der Waals surface area contributed by atoms with Gasteiger partial charge in [-0.3, -0.25) is 0 Å². The van der Waals surface area contributed by atoms with E-state index in [1.807, 2.05) is 26.8 Å². The zero-order valence-electron chi connectivity index (χ0n) is 11.1. The fourth-order valence-corrected chi connectivity index (χ4v) is 3.03. The first kappa shape index (κ1) is 14.3. The second-order valence-electron chi connectivity index (χ2n) is 4.99. The van der Waals surface area contributed by atoms with Crippen LogP contribution < -0.4 is 4.74 Å². The van der Waals surface area contributed by atoms with Crippen molar-refractivity contribution in [3.8, 4) is 5.75 Å². The first-order valence-electron chi connectivity index (χ1n) is 5.67. The Morgan fingerprint density at radius 2 is 2.05 bits per heavy atom. The van der Waals surface area contributed by atoms with Gasteiger partial charge in [-0.2, -0.15) is 0 Å². The van der Waals surface area contributed by atoms with Gasteiger partial charge in [-0.1, -0.05) is 0 Å². The van der Waals surface area contributed by atoms with E-state index in [1.165, 1.54) is 11.3 Å². The zero-order chi connectivity index (χ0) is 14.2. The molecule has 2 rings (SSSR count). The van der Waals surface area contributed by atoms with E-state index in [9.17, 15) is 4.79 Å². The summed E-state index contributed by atoms with van der Waals surface area (Å²) in [6.07, 6.45) is 0. The van der Waals surface area contributed by atoms with Crippen molar-refractivity contribution in [3.05, 3.63) is 21.6 Å². The third-order valence-electron chi connectivity index (χ3n) is 2.30. The Bertz CT molecular complexity index is 631. The maximum absolute atomic E-state index is 12.2. The minimum Gasteiger partial charge on any atom is -0.497 e. The van der Waals surface area contributed by atoms with Crippen LogP contribution in [-0.2, 0) is 4.74 Å². The molecule has 1 aromatic carbocycles. The summed E-state index contributed by atoms with van der Waals surface area (Å²) >= 11 is 4.78. The van der Waals surface area contributed by atoms with E-state index in [-0.39, 0.29) is 0 Å². The van der Waals surface area contributed by atoms with Gasteiger partial charge in [-0.05, 0) is 48.8 Å². The van der Waals surface area contributed by atoms with Gasteiger partial charge >= 0.3 is 5.97 Å². The van der Waals surface area contributed by atoms with Crippen LogP contribution in [0.15, 0.2) is 16.0 Å². The first-order valence-corrected chi connectivity index (χ1v) is 7.28. The number of thiazole rings is 1. The number of nitrogens with zero attached hydrogens (tertiary/aromatic N) is 1. The van der Waals surface area contributed by atoms with Crippen LogP contribution in [0, 0.1) is 0 Å². The third-order valence-corrected chi connectivity index (χ3v) is 3.75. The molecule has 0 spiro atoms. The summed E-state index contributed by atoms with van der Waals surface area (Å²) in [4.78, 5) is 16.5. The minimum absolute atomic E-state index is 0.394. The Labute approximate surface area is 123 Å². The predicted molar refractivity (Wildman–Crippen MR) is 79.0 cm³/mol. The monoisotopic (exact) mass is 343 g/mol. The van der Waals surface area contributed by atoms with Gasteiger partial charge in [0, 0.05) is 0 Å². The first-order chi connectivity index (χ1) is 8.80. The zero-order valence-corrected chi connectivity index (χ0v) is 13.5. The molecule has 0 unspecified atom stereocenters. The fraction of sp³-hybridized carbons (Fsp3) is 0.385. The van der Waals surface area contributed by atoms with E-state index in [1.54, 1.807) is 13.2 Å². The van der Waals surface area contributed by atoms with Crippen LogP contribution in [0.2, 0.25) is 0 Å². The van der Waals surface area contributed by atoms with Crippen molar-refractivity contribution in [2.45, 2.75) is 26.4 Å². The molecule has 1 heterocycles. The second-order valence-corrected chi connectivity index (χ2v) is 7.30. The molecule has 0 aliphatic rings. The number of carbonyl (C=O) groups excluding carboxylic acids is 1. The molecule has 0 radical (unpaired) electrons. The molecule has 0 saturated carbocycles. The van der Waals surface area contributed by atoms with Gasteiger partial charge in [0.1, 0.15) is 11.4 Å². The molecule has 0 aliphatic heterocycles. The number of hydrogen-bond donors (Lipinski definition) is 0. The number of ether oxygens (including phenoxy) is 2. The lowest BCUT2D eigenvalue weighted by Crippen LogP contribution is -2.24. The van der Waals surface area contributed by atoms with Crippen LogP contribution in [0.4, 0.5) is 0 Å². The van der Waals surface area contributed by atoms with Crippen LogP contribution in [-0.4, -0.2) is 23.7 Å². The topological polar surface area (TPSA) is 48.4 Å². The maximum atomic E-state index is 12.2. The number of carbonyl (C=O) groups is 1. The summed E-state index contributed by atoms with van der Waals surface area (Å²) in [6.45, 7) is 5.50. The van der Waals surface area contributed by atoms with Gasteiger partial charge < -0.3 is 9.47 Å². The molecule has 6 heteroatoms. The van der Waals surface area contributed by atoms with Gasteiger partial charge in [0.15, 0.2) is 3.92 Å². The predicted octanol–water partition coefficient (Wildman–Crippen LogP) is 4.02. The van der Waals surface area contributed by atoms with Crippen LogP contribution in [0.1, 0.15) is 31.1 Å². The molecule has 0 bridgehead atoms. The highest BCUT2D eigenvalue weighted by Crippen LogP contribution is 2.33. The number of rotatable bonds is 2. The van der Waals surface area contributed by atoms with E-state index < -0.39 is 11.6 Å². The Morgan fingerprint density at radius 1 is 1.37 bits per heavy atom. The van der Waals surface area contributed by atoms with Crippen molar-refractivity contribution in [2.75, 3.05) is 7.11 Å². The molecule has 0 saturated heterocycles. The van der Waals surface area contributed by atoms with Gasteiger partial charge in [0.05, 0.1) is 22.9 Å². The quantitative estimate of drug-likeness (QED) is 0.772. The SMILES string of the molecule is COc1cc(C(=O)OC(C)(C)C)c2nc(Br)sc2c1. The number of methoxy groups -OCH3 is 1. The van der Waals surface area contributed by atoms with Gasteiger partial charge in [-0.25, -0.2) is 9.78 Å². The number of halogens is 1. The third kappa shape index (κ3) is 3.25. The summed E-state index contributed by atoms with van der Waals surface area (Å²) in [5.41, 5.74) is 0.512. The van der Waals surface area contributed by atoms with E-state index >= 15 is 0 Å². The average molecular weight is 344 g/mol. The van der Waals surface area contributed by atoms with Crippen LogP contribution in [0.5, 0.6) is 5.75 Å². The Hall–Kier alpha value is -1.14. The second kappa shape index (κ2) is 5.09. The van der Waals surface area contributed by atoms with Crippen molar-refractivity contribution >= 4 is 43.5 Å². The Morgan fingerprint density at radius 3 is 2.63 bits per heavy atom. The maximum Gasteiger partial charge on any atom is 0.341 e. The van der Waals surface area contributed by atoms with E-state index in [4.69, 9.17) is 9.47 Å². The highest BCUT2D eigenvalue weighted by atomic mass is 79.9. The van der Waals surface area contributed by atoms with Crippen LogP contribution in [0.3, 0.4) is 0 Å². The Balaban J connectivity index is 2.54. The van der Waals surface area contributed by atoms with Crippen molar-refractivity contribution < 1.29 is 14.3 Å². The molecule has 0 N–H and O–H groups in total. The molecule has 4 nitrogen and oxygen atoms in total. The highest BCUT2D eigenvalue weighted by Gasteiger charge is 2.22. The number of aromatic nitrogens is 1. The molecule has 2 aromatic rings. The van der Waals surface area contributed by atoms with Gasteiger partial charge in [0.25, 0.3) is 0 Å². The smallest absolute Gasteiger partial charge is 0.341 e. The minimum atomic E-state index is -0.542. The summed E-state index contributed by atoms with van der Waals surface area (Å²) in [6, 6.07) is 3.51. The van der Waals surface area contributed by atoms with E-state index in [2.05, 4.69) is 20.9 Å². The molecule has 0 atom stereocenters. The standard InChI is InChI=1S/C13H14BrNO3S/c1-13(2,3)18-11(16)8-5-7(17-4)6-9-10(8)15-12(14)19-9/h5-6H,1-4H3. The average Bonchev–Trinajstić information content (AvgIpc) is 2.65. The number of benzene rings is 1. The van der Waals surface area contributed by atoms with Crippen molar-refractivity contribution in [1.82, 2.24) is 4.98 Å². The summed E-state index contributed by atoms with van der Waals surface area (Å²) < 4.78 is 12.2. The summed E-state index contributed by atoms with van der Waals surface area (Å²) in [5, 5.41) is 0. The van der Waals surface area contributed by atoms with Crippen LogP contribution in [0.25, 0.3) is 10.2 Å². The van der Waals surface area contributed by atoms with E-state index in [0.717, 1.165) is 8.62 Å². The van der Waals surface area contributed by atoms with Gasteiger partial charge in [0.2, 0.25) is 0 Å². The number of hydrogen-bond acceptors (Lipinski definition) is 5. The molecular formula is C13H14BrNO3S. The molecule has 0 amide bonds. The van der Waals surface area contributed by atoms with Gasteiger partial charge in [-0.15, -0.1) is 11.3 Å². The molecule has 19 heavy (non-hydrogen) atoms. The molecule has 1 aromatic heterocycles. The van der Waals surface area contributed by atoms with E-state index in [0.29, 0.717) is 16.8 Å². The molecule has 0 aliphatic carbocycles. The molecule has 102 valence electrons. The lowest BCUT2D eigenvalue weighted by Gasteiger charge is -2.19. The van der Waals surface area contributed by atoms with Crippen molar-refractivity contribution in [1.29, 1.82) is 0 Å². The van der Waals surface area contributed by atoms with Crippen molar-refractivity contribution in [2.24, 2.45) is 0 Å². The van der Waals surface area contributed by atoms with Crippen LogP contribution >= 0.6 is 27.3 Å². The highest BCUT2D eigenvalue weighted by molar-refractivity contribution is 9.11. The molecule has 0 fully saturated rings. The molecular weight excluding hydrogens is 330 g/mol. The summed E-state index contributed by atoms with van der Waals surface area (Å²) in [7, 11) is 1.57. The lowest BCUT2D eigenvalue weighted by atomic mass is 10.1. The van der Waals surface area contributed by atoms with Crippen molar-refractivity contribution in [3.63, 3.8) is 0 Å². The lowest BCUT2D eigenvalue weighted by molar-refractivity contribution is 0.00713.